The molecule has 0 spiro atoms. The highest BCUT2D eigenvalue weighted by atomic mass is 32.2. The SMILES string of the molecule is CCCCCCN1CC2C(C1)C2(C)c1cccc(CC(C)NS(=O)O)c1. The Morgan fingerprint density at radius 1 is 1.31 bits per heavy atom. The maximum Gasteiger partial charge on any atom is 0.231 e. The lowest BCUT2D eigenvalue weighted by atomic mass is 9.90. The van der Waals surface area contributed by atoms with Crippen molar-refractivity contribution in [3.8, 4) is 0 Å². The van der Waals surface area contributed by atoms with Crippen LogP contribution in [0.25, 0.3) is 0 Å². The number of piperidine rings is 1. The molecule has 1 saturated heterocycles. The van der Waals surface area contributed by atoms with Crippen molar-refractivity contribution in [2.75, 3.05) is 19.6 Å². The molecule has 3 rings (SSSR count). The average Bonchev–Trinajstić information content (AvgIpc) is 2.93. The van der Waals surface area contributed by atoms with Crippen molar-refractivity contribution in [2.24, 2.45) is 11.8 Å². The number of hydrogen-bond donors (Lipinski definition) is 2. The van der Waals surface area contributed by atoms with Gasteiger partial charge in [-0.05, 0) is 49.3 Å². The number of rotatable bonds is 10. The van der Waals surface area contributed by atoms with Gasteiger partial charge in [0.25, 0.3) is 0 Å². The first-order valence-electron chi connectivity index (χ1n) is 10.1. The molecule has 1 aromatic carbocycles. The fraction of sp³-hybridized carbons (Fsp3) is 0.714. The predicted octanol–water partition coefficient (Wildman–Crippen LogP) is 3.74. The topological polar surface area (TPSA) is 52.6 Å². The van der Waals surface area contributed by atoms with E-state index in [1.807, 2.05) is 6.92 Å². The third-order valence-electron chi connectivity index (χ3n) is 6.55. The van der Waals surface area contributed by atoms with Crippen molar-refractivity contribution in [2.45, 2.75) is 64.3 Å². The van der Waals surface area contributed by atoms with Gasteiger partial charge in [0.05, 0.1) is 0 Å². The first-order valence-corrected chi connectivity index (χ1v) is 11.2. The van der Waals surface area contributed by atoms with Gasteiger partial charge in [0.2, 0.25) is 11.3 Å². The van der Waals surface area contributed by atoms with Gasteiger partial charge in [-0.1, -0.05) is 57.4 Å². The molecule has 4 atom stereocenters. The van der Waals surface area contributed by atoms with Crippen LogP contribution >= 0.6 is 0 Å². The molecule has 1 heterocycles. The summed E-state index contributed by atoms with van der Waals surface area (Å²) in [5, 5.41) is 0. The summed E-state index contributed by atoms with van der Waals surface area (Å²) in [5.74, 6) is 1.59. The zero-order valence-corrected chi connectivity index (χ0v) is 17.2. The van der Waals surface area contributed by atoms with Gasteiger partial charge in [-0.25, -0.2) is 8.93 Å². The summed E-state index contributed by atoms with van der Waals surface area (Å²) < 4.78 is 22.5. The van der Waals surface area contributed by atoms with Crippen LogP contribution in [0, 0.1) is 11.8 Å². The summed E-state index contributed by atoms with van der Waals surface area (Å²) >= 11 is -1.95. The van der Waals surface area contributed by atoms with E-state index in [4.69, 9.17) is 4.55 Å². The van der Waals surface area contributed by atoms with Gasteiger partial charge >= 0.3 is 0 Å². The first-order chi connectivity index (χ1) is 12.4. The number of hydrogen-bond acceptors (Lipinski definition) is 2. The predicted molar refractivity (Wildman–Crippen MR) is 108 cm³/mol. The van der Waals surface area contributed by atoms with E-state index in [1.54, 1.807) is 0 Å². The lowest BCUT2D eigenvalue weighted by Gasteiger charge is -2.25. The Balaban J connectivity index is 1.55. The molecule has 26 heavy (non-hydrogen) atoms. The number of nitrogens with zero attached hydrogens (tertiary/aromatic N) is 1. The van der Waals surface area contributed by atoms with Crippen molar-refractivity contribution < 1.29 is 8.76 Å². The molecule has 4 nitrogen and oxygen atoms in total. The molecule has 1 aliphatic heterocycles. The maximum atomic E-state index is 10.9. The zero-order chi connectivity index (χ0) is 18.7. The minimum atomic E-state index is -1.95. The van der Waals surface area contributed by atoms with Gasteiger partial charge in [-0.15, -0.1) is 0 Å². The summed E-state index contributed by atoms with van der Waals surface area (Å²) in [5.41, 5.74) is 3.02. The second-order valence-electron chi connectivity index (χ2n) is 8.49. The molecule has 2 fully saturated rings. The number of unbranched alkanes of at least 4 members (excludes halogenated alkanes) is 3. The van der Waals surface area contributed by atoms with Crippen molar-refractivity contribution in [1.82, 2.24) is 9.62 Å². The summed E-state index contributed by atoms with van der Waals surface area (Å²) in [4.78, 5) is 2.67. The quantitative estimate of drug-likeness (QED) is 0.482. The fourth-order valence-corrected chi connectivity index (χ4v) is 5.36. The number of fused-ring (bicyclic) bond motifs is 1. The van der Waals surface area contributed by atoms with Crippen molar-refractivity contribution in [3.63, 3.8) is 0 Å². The number of nitrogens with one attached hydrogen (secondary N) is 1. The smallest absolute Gasteiger partial charge is 0.231 e. The van der Waals surface area contributed by atoms with Gasteiger partial charge in [-0.3, -0.25) is 4.55 Å². The van der Waals surface area contributed by atoms with Crippen molar-refractivity contribution in [1.29, 1.82) is 0 Å². The molecular weight excluding hydrogens is 344 g/mol. The summed E-state index contributed by atoms with van der Waals surface area (Å²) in [6.45, 7) is 10.4. The molecule has 5 heteroatoms. The Morgan fingerprint density at radius 2 is 2.04 bits per heavy atom. The van der Waals surface area contributed by atoms with Crippen molar-refractivity contribution >= 4 is 11.3 Å². The van der Waals surface area contributed by atoms with Crippen LogP contribution in [-0.2, 0) is 23.1 Å². The van der Waals surface area contributed by atoms with E-state index in [2.05, 4.69) is 47.7 Å². The zero-order valence-electron chi connectivity index (χ0n) is 16.4. The molecule has 1 aliphatic carbocycles. The molecule has 0 aromatic heterocycles. The highest BCUT2D eigenvalue weighted by molar-refractivity contribution is 7.77. The normalized spacial score (nSPS) is 30.2. The Morgan fingerprint density at radius 3 is 2.69 bits per heavy atom. The Labute approximate surface area is 161 Å². The molecule has 2 N–H and O–H groups in total. The summed E-state index contributed by atoms with van der Waals surface area (Å²) in [7, 11) is 0. The Bertz CT molecular complexity index is 624. The summed E-state index contributed by atoms with van der Waals surface area (Å²) in [6.07, 6.45) is 6.16. The lowest BCUT2D eigenvalue weighted by molar-refractivity contribution is 0.271. The van der Waals surface area contributed by atoms with Crippen LogP contribution in [0.5, 0.6) is 0 Å². The standard InChI is InChI=1S/C21H34N2O2S/c1-4-5-6-7-11-23-14-19-20(15-23)21(19,3)18-10-8-9-17(13-18)12-16(2)22-26(24)25/h8-10,13,16,19-20,22H,4-7,11-12,14-15H2,1-3H3,(H,24,25). The van der Waals surface area contributed by atoms with Crippen LogP contribution in [0.4, 0.5) is 0 Å². The van der Waals surface area contributed by atoms with Crippen LogP contribution in [0.3, 0.4) is 0 Å². The van der Waals surface area contributed by atoms with Crippen LogP contribution in [0.15, 0.2) is 24.3 Å². The minimum Gasteiger partial charge on any atom is -0.303 e. The second-order valence-corrected chi connectivity index (χ2v) is 9.22. The van der Waals surface area contributed by atoms with E-state index in [9.17, 15) is 4.21 Å². The maximum absolute atomic E-state index is 10.9. The summed E-state index contributed by atoms with van der Waals surface area (Å²) in [6, 6.07) is 8.86. The van der Waals surface area contributed by atoms with Gasteiger partial charge in [0, 0.05) is 24.5 Å². The monoisotopic (exact) mass is 378 g/mol. The van der Waals surface area contributed by atoms with Gasteiger partial charge in [0.15, 0.2) is 0 Å². The molecule has 0 bridgehead atoms. The van der Waals surface area contributed by atoms with Gasteiger partial charge in [0.1, 0.15) is 0 Å². The molecule has 4 unspecified atom stereocenters. The largest absolute Gasteiger partial charge is 0.303 e. The second kappa shape index (κ2) is 8.51. The Kier molecular flexibility index (Phi) is 6.54. The van der Waals surface area contributed by atoms with Crippen LogP contribution in [0.2, 0.25) is 0 Å². The molecule has 1 saturated carbocycles. The highest BCUT2D eigenvalue weighted by Gasteiger charge is 2.65. The molecule has 0 amide bonds. The van der Waals surface area contributed by atoms with E-state index in [0.29, 0.717) is 5.41 Å². The van der Waals surface area contributed by atoms with Crippen LogP contribution < -0.4 is 4.72 Å². The van der Waals surface area contributed by atoms with E-state index < -0.39 is 11.3 Å². The molecule has 146 valence electrons. The van der Waals surface area contributed by atoms with E-state index in [-0.39, 0.29) is 6.04 Å². The molecule has 2 aliphatic rings. The van der Waals surface area contributed by atoms with Gasteiger partial charge in [-0.2, -0.15) is 0 Å². The van der Waals surface area contributed by atoms with E-state index in [0.717, 1.165) is 18.3 Å². The number of likely N-dealkylation sites (tertiary alicyclic amines) is 1. The van der Waals surface area contributed by atoms with Gasteiger partial charge < -0.3 is 4.90 Å². The van der Waals surface area contributed by atoms with E-state index in [1.165, 1.54) is 56.4 Å². The van der Waals surface area contributed by atoms with E-state index >= 15 is 0 Å². The lowest BCUT2D eigenvalue weighted by Crippen LogP contribution is -2.30. The molecular formula is C21H34N2O2S. The van der Waals surface area contributed by atoms with Crippen LogP contribution in [0.1, 0.15) is 57.6 Å². The average molecular weight is 379 g/mol. The number of benzene rings is 1. The van der Waals surface area contributed by atoms with Crippen LogP contribution in [-0.4, -0.2) is 39.3 Å². The van der Waals surface area contributed by atoms with Crippen molar-refractivity contribution in [3.05, 3.63) is 35.4 Å². The fourth-order valence-electron chi connectivity index (χ4n) is 4.94. The Hall–Kier alpha value is -0.750. The third kappa shape index (κ3) is 4.38. The third-order valence-corrected chi connectivity index (χ3v) is 7.15. The minimum absolute atomic E-state index is 0.0128. The molecule has 0 radical (unpaired) electrons. The molecule has 1 aromatic rings. The highest BCUT2D eigenvalue weighted by Crippen LogP contribution is 2.63. The first kappa shape index (κ1) is 20.0.